The van der Waals surface area contributed by atoms with Crippen molar-refractivity contribution < 1.29 is 9.53 Å². The Labute approximate surface area is 241 Å². The number of aryl methyl sites for hydroxylation is 1. The van der Waals surface area contributed by atoms with Crippen LogP contribution in [0.15, 0.2) is 60.8 Å². The van der Waals surface area contributed by atoms with Gasteiger partial charge in [0, 0.05) is 19.0 Å². The third-order valence-electron chi connectivity index (χ3n) is 7.33. The van der Waals surface area contributed by atoms with Crippen LogP contribution >= 0.6 is 11.3 Å². The summed E-state index contributed by atoms with van der Waals surface area (Å²) in [6.45, 7) is 4.44. The number of piperidine rings is 1. The molecule has 0 saturated carbocycles. The highest BCUT2D eigenvalue weighted by atomic mass is 32.1. The number of amides is 1. The van der Waals surface area contributed by atoms with Crippen LogP contribution in [0.3, 0.4) is 0 Å². The first-order valence-corrected chi connectivity index (χ1v) is 15.1. The largest absolute Gasteiger partial charge is 0.494 e. The molecule has 1 atom stereocenters. The van der Waals surface area contributed by atoms with E-state index in [0.29, 0.717) is 18.7 Å². The van der Waals surface area contributed by atoms with Gasteiger partial charge in [0.2, 0.25) is 0 Å². The van der Waals surface area contributed by atoms with E-state index in [1.165, 1.54) is 0 Å². The number of hydrogen-bond donors (Lipinski definition) is 1. The van der Waals surface area contributed by atoms with Crippen molar-refractivity contribution in [3.05, 3.63) is 77.3 Å². The third-order valence-corrected chi connectivity index (χ3v) is 8.35. The quantitative estimate of drug-likeness (QED) is 0.214. The number of carbonyl (C=O) groups excluding carboxylic acids is 1. The topological polar surface area (TPSA) is 74.3 Å². The molecule has 4 aromatic rings. The molecule has 40 heavy (non-hydrogen) atoms. The summed E-state index contributed by atoms with van der Waals surface area (Å²) in [6, 6.07) is 18.4. The van der Waals surface area contributed by atoms with Gasteiger partial charge in [0.25, 0.3) is 5.91 Å². The van der Waals surface area contributed by atoms with Crippen LogP contribution in [0.25, 0.3) is 21.7 Å². The van der Waals surface area contributed by atoms with E-state index in [0.717, 1.165) is 83.5 Å². The number of aromatic amines is 1. The highest BCUT2D eigenvalue weighted by Gasteiger charge is 2.31. The second-order valence-electron chi connectivity index (χ2n) is 10.8. The SMILES string of the molecule is Cc1nc(C(=O)N2CCCCC2Cc2ncc(-c3ccccc3)[nH]2)c(-c2cccc(OCCCCN(C)C)c2)s1. The molecule has 0 aliphatic carbocycles. The summed E-state index contributed by atoms with van der Waals surface area (Å²) in [5.41, 5.74) is 3.63. The number of imidazole rings is 1. The van der Waals surface area contributed by atoms with Gasteiger partial charge < -0.3 is 19.5 Å². The Hall–Kier alpha value is -3.49. The van der Waals surface area contributed by atoms with Crippen LogP contribution in [0.4, 0.5) is 0 Å². The van der Waals surface area contributed by atoms with E-state index in [9.17, 15) is 4.79 Å². The van der Waals surface area contributed by atoms with E-state index in [4.69, 9.17) is 9.72 Å². The van der Waals surface area contributed by atoms with Gasteiger partial charge in [-0.1, -0.05) is 42.5 Å². The minimum Gasteiger partial charge on any atom is -0.494 e. The summed E-state index contributed by atoms with van der Waals surface area (Å²) >= 11 is 1.57. The molecule has 8 heteroatoms. The normalized spacial score (nSPS) is 15.5. The van der Waals surface area contributed by atoms with Gasteiger partial charge in [-0.2, -0.15) is 0 Å². The van der Waals surface area contributed by atoms with Crippen molar-refractivity contribution in [1.29, 1.82) is 0 Å². The Morgan fingerprint density at radius 2 is 1.93 bits per heavy atom. The monoisotopic (exact) mass is 557 g/mol. The summed E-state index contributed by atoms with van der Waals surface area (Å²) in [4.78, 5) is 32.0. The smallest absolute Gasteiger partial charge is 0.274 e. The highest BCUT2D eigenvalue weighted by Crippen LogP contribution is 2.34. The lowest BCUT2D eigenvalue weighted by molar-refractivity contribution is 0.0606. The Morgan fingerprint density at radius 1 is 1.10 bits per heavy atom. The van der Waals surface area contributed by atoms with Gasteiger partial charge in [-0.3, -0.25) is 4.79 Å². The molecule has 2 aromatic carbocycles. The lowest BCUT2D eigenvalue weighted by Crippen LogP contribution is -2.45. The van der Waals surface area contributed by atoms with Gasteiger partial charge in [-0.15, -0.1) is 11.3 Å². The molecular weight excluding hydrogens is 518 g/mol. The maximum Gasteiger partial charge on any atom is 0.274 e. The van der Waals surface area contributed by atoms with Gasteiger partial charge >= 0.3 is 0 Å². The average Bonchev–Trinajstić information content (AvgIpc) is 3.60. The number of H-pyrrole nitrogens is 1. The van der Waals surface area contributed by atoms with Crippen LogP contribution in [-0.2, 0) is 6.42 Å². The molecule has 1 saturated heterocycles. The average molecular weight is 558 g/mol. The van der Waals surface area contributed by atoms with E-state index in [-0.39, 0.29) is 11.9 Å². The minimum atomic E-state index is 0.00824. The number of carbonyl (C=O) groups is 1. The van der Waals surface area contributed by atoms with E-state index in [2.05, 4.69) is 41.1 Å². The molecule has 1 aliphatic rings. The highest BCUT2D eigenvalue weighted by molar-refractivity contribution is 7.15. The summed E-state index contributed by atoms with van der Waals surface area (Å²) < 4.78 is 6.05. The molecule has 5 rings (SSSR count). The zero-order valence-corrected chi connectivity index (χ0v) is 24.5. The maximum atomic E-state index is 14.0. The fourth-order valence-electron chi connectivity index (χ4n) is 5.28. The number of thiazole rings is 1. The van der Waals surface area contributed by atoms with Crippen molar-refractivity contribution in [2.45, 2.75) is 51.5 Å². The molecule has 0 radical (unpaired) electrons. The first-order chi connectivity index (χ1) is 19.5. The van der Waals surface area contributed by atoms with Crippen LogP contribution in [0.2, 0.25) is 0 Å². The summed E-state index contributed by atoms with van der Waals surface area (Å²) in [6.07, 6.45) is 7.77. The fraction of sp³-hybridized carbons (Fsp3) is 0.406. The fourth-order valence-corrected chi connectivity index (χ4v) is 6.19. The predicted octanol–water partition coefficient (Wildman–Crippen LogP) is 6.47. The summed E-state index contributed by atoms with van der Waals surface area (Å²) in [5.74, 6) is 1.75. The van der Waals surface area contributed by atoms with Crippen LogP contribution in [0.5, 0.6) is 5.75 Å². The van der Waals surface area contributed by atoms with E-state index >= 15 is 0 Å². The number of likely N-dealkylation sites (tertiary alicyclic amines) is 1. The number of rotatable bonds is 11. The standard InChI is InChI=1S/C32H39N5O2S/c1-23-34-30(31(40-23)25-14-11-16-27(20-25)39-19-10-9-17-36(2)3)32(38)37-18-8-7-15-26(37)21-29-33-22-28(35-29)24-12-5-4-6-13-24/h4-6,11-14,16,20,22,26H,7-10,15,17-19,21H2,1-3H3,(H,33,35). The Morgan fingerprint density at radius 3 is 2.75 bits per heavy atom. The van der Waals surface area contributed by atoms with Crippen molar-refractivity contribution in [2.24, 2.45) is 0 Å². The zero-order valence-electron chi connectivity index (χ0n) is 23.7. The molecule has 0 spiro atoms. The summed E-state index contributed by atoms with van der Waals surface area (Å²) in [7, 11) is 4.18. The number of hydrogen-bond acceptors (Lipinski definition) is 6. The van der Waals surface area contributed by atoms with Gasteiger partial charge in [0.15, 0.2) is 0 Å². The van der Waals surface area contributed by atoms with Gasteiger partial charge in [0.1, 0.15) is 17.3 Å². The molecule has 2 aromatic heterocycles. The number of ether oxygens (including phenoxy) is 1. The third kappa shape index (κ3) is 6.98. The first kappa shape index (κ1) is 28.1. The maximum absolute atomic E-state index is 14.0. The van der Waals surface area contributed by atoms with Gasteiger partial charge in [-0.05, 0) is 82.9 Å². The van der Waals surface area contributed by atoms with Crippen molar-refractivity contribution >= 4 is 17.2 Å². The molecule has 3 heterocycles. The number of aromatic nitrogens is 3. The molecule has 1 amide bonds. The molecule has 210 valence electrons. The van der Waals surface area contributed by atoms with E-state index in [1.54, 1.807) is 11.3 Å². The molecular formula is C32H39N5O2S. The van der Waals surface area contributed by atoms with Crippen LogP contribution in [0, 0.1) is 6.92 Å². The van der Waals surface area contributed by atoms with Crippen molar-refractivity contribution in [3.8, 4) is 27.4 Å². The number of nitrogens with zero attached hydrogens (tertiary/aromatic N) is 4. The van der Waals surface area contributed by atoms with E-state index in [1.807, 2.05) is 60.5 Å². The first-order valence-electron chi connectivity index (χ1n) is 14.2. The molecule has 1 aliphatic heterocycles. The second kappa shape index (κ2) is 13.2. The Bertz CT molecular complexity index is 1400. The van der Waals surface area contributed by atoms with E-state index < -0.39 is 0 Å². The van der Waals surface area contributed by atoms with Crippen molar-refractivity contribution in [2.75, 3.05) is 33.8 Å². The molecule has 1 unspecified atom stereocenters. The molecule has 1 N–H and O–H groups in total. The number of benzene rings is 2. The summed E-state index contributed by atoms with van der Waals surface area (Å²) in [5, 5.41) is 0.889. The van der Waals surface area contributed by atoms with Crippen molar-refractivity contribution in [3.63, 3.8) is 0 Å². The van der Waals surface area contributed by atoms with Gasteiger partial charge in [0.05, 0.1) is 28.4 Å². The van der Waals surface area contributed by atoms with Crippen LogP contribution in [-0.4, -0.2) is 70.5 Å². The number of nitrogens with one attached hydrogen (secondary N) is 1. The lowest BCUT2D eigenvalue weighted by atomic mass is 9.98. The molecule has 7 nitrogen and oxygen atoms in total. The molecule has 1 fully saturated rings. The van der Waals surface area contributed by atoms with Crippen molar-refractivity contribution in [1.82, 2.24) is 24.8 Å². The second-order valence-corrected chi connectivity index (χ2v) is 12.0. The number of unbranched alkanes of at least 4 members (excludes halogenated alkanes) is 1. The Kier molecular flexibility index (Phi) is 9.29. The minimum absolute atomic E-state index is 0.00824. The Balaban J connectivity index is 1.30. The predicted molar refractivity (Wildman–Crippen MR) is 162 cm³/mol. The lowest BCUT2D eigenvalue weighted by Gasteiger charge is -2.35. The van der Waals surface area contributed by atoms with Crippen LogP contribution < -0.4 is 4.74 Å². The molecule has 0 bridgehead atoms. The van der Waals surface area contributed by atoms with Crippen LogP contribution in [0.1, 0.15) is 53.4 Å². The zero-order chi connectivity index (χ0) is 27.9. The van der Waals surface area contributed by atoms with Gasteiger partial charge in [-0.25, -0.2) is 9.97 Å².